The number of hydrogen-bond donors (Lipinski definition) is 1. The minimum Gasteiger partial charge on any atom is -0.328 e. The number of nitrogens with zero attached hydrogens (tertiary/aromatic N) is 4. The molecule has 1 atom stereocenters. The normalized spacial score (nSPS) is 18.2. The average molecular weight is 407 g/mol. The summed E-state index contributed by atoms with van der Waals surface area (Å²) < 4.78 is 15.2. The quantitative estimate of drug-likeness (QED) is 0.656. The summed E-state index contributed by atoms with van der Waals surface area (Å²) in [4.78, 5) is 21.7. The summed E-state index contributed by atoms with van der Waals surface area (Å²) in [6.07, 6.45) is 3.89. The fraction of sp³-hybridized carbons (Fsp3) is 0.238. The van der Waals surface area contributed by atoms with Crippen LogP contribution < -0.4 is 5.32 Å². The van der Waals surface area contributed by atoms with E-state index in [1.54, 1.807) is 23.0 Å². The number of anilines is 1. The van der Waals surface area contributed by atoms with E-state index in [2.05, 4.69) is 20.4 Å². The van der Waals surface area contributed by atoms with Crippen LogP contribution in [0, 0.1) is 5.82 Å². The van der Waals surface area contributed by atoms with E-state index in [0.717, 1.165) is 29.8 Å². The van der Waals surface area contributed by atoms with Gasteiger partial charge in [-0.05, 0) is 42.7 Å². The van der Waals surface area contributed by atoms with E-state index in [1.807, 2.05) is 18.2 Å². The first-order valence-electron chi connectivity index (χ1n) is 9.47. The van der Waals surface area contributed by atoms with Crippen molar-refractivity contribution in [3.8, 4) is 0 Å². The Morgan fingerprint density at radius 1 is 1.17 bits per heavy atom. The molecule has 0 fully saturated rings. The number of Topliss-reactive ketones (excluding diaryl/α,β-unsaturated/α-hetero) is 1. The molecule has 29 heavy (non-hydrogen) atoms. The number of pyridine rings is 1. The molecule has 1 aromatic carbocycles. The Balaban J connectivity index is 1.52. The molecule has 3 heterocycles. The molecule has 2 aromatic heterocycles. The van der Waals surface area contributed by atoms with Gasteiger partial charge >= 0.3 is 0 Å². The predicted octanol–water partition coefficient (Wildman–Crippen LogP) is 4.13. The molecular weight excluding hydrogens is 389 g/mol. The monoisotopic (exact) mass is 407 g/mol. The number of fused-ring (bicyclic) bond motifs is 1. The van der Waals surface area contributed by atoms with Gasteiger partial charge in [0.1, 0.15) is 11.9 Å². The Morgan fingerprint density at radius 3 is 2.83 bits per heavy atom. The Kier molecular flexibility index (Phi) is 4.63. The first-order chi connectivity index (χ1) is 14.2. The lowest BCUT2D eigenvalue weighted by molar-refractivity contribution is -0.116. The Hall–Kier alpha value is -3.00. The molecule has 0 unspecified atom stereocenters. The van der Waals surface area contributed by atoms with Crippen molar-refractivity contribution >= 4 is 23.5 Å². The second kappa shape index (κ2) is 7.44. The van der Waals surface area contributed by atoms with Crippen molar-refractivity contribution in [1.29, 1.82) is 0 Å². The zero-order chi connectivity index (χ0) is 19.8. The highest BCUT2D eigenvalue weighted by atomic mass is 32.2. The largest absolute Gasteiger partial charge is 0.328 e. The fourth-order valence-corrected chi connectivity index (χ4v) is 4.52. The van der Waals surface area contributed by atoms with E-state index < -0.39 is 6.04 Å². The number of nitrogens with one attached hydrogen (secondary N) is 1. The molecular formula is C21H18FN5OS. The molecule has 6 nitrogen and oxygen atoms in total. The molecule has 2 aliphatic rings. The van der Waals surface area contributed by atoms with Gasteiger partial charge in [0.25, 0.3) is 0 Å². The van der Waals surface area contributed by atoms with Crippen LogP contribution >= 0.6 is 11.8 Å². The van der Waals surface area contributed by atoms with Crippen LogP contribution in [0.4, 0.5) is 10.3 Å². The van der Waals surface area contributed by atoms with Gasteiger partial charge in [-0.3, -0.25) is 9.78 Å². The molecule has 0 spiro atoms. The molecule has 0 amide bonds. The van der Waals surface area contributed by atoms with Crippen LogP contribution in [0.5, 0.6) is 0 Å². The van der Waals surface area contributed by atoms with Gasteiger partial charge in [-0.2, -0.15) is 4.98 Å². The van der Waals surface area contributed by atoms with Gasteiger partial charge < -0.3 is 5.32 Å². The highest BCUT2D eigenvalue weighted by molar-refractivity contribution is 7.98. The van der Waals surface area contributed by atoms with Crippen molar-refractivity contribution in [1.82, 2.24) is 19.7 Å². The molecule has 1 aliphatic heterocycles. The van der Waals surface area contributed by atoms with Gasteiger partial charge in [0.2, 0.25) is 11.1 Å². The number of hydrogen-bond acceptors (Lipinski definition) is 6. The van der Waals surface area contributed by atoms with Gasteiger partial charge in [-0.1, -0.05) is 30.0 Å². The highest BCUT2D eigenvalue weighted by Gasteiger charge is 2.36. The third-order valence-electron chi connectivity index (χ3n) is 5.11. The number of carbonyl (C=O) groups excluding carboxylic acids is 1. The van der Waals surface area contributed by atoms with Crippen LogP contribution in [0.2, 0.25) is 0 Å². The maximum atomic E-state index is 13.5. The van der Waals surface area contributed by atoms with Gasteiger partial charge in [-0.25, -0.2) is 9.07 Å². The van der Waals surface area contributed by atoms with Crippen LogP contribution in [0.15, 0.2) is 65.1 Å². The summed E-state index contributed by atoms with van der Waals surface area (Å²) >= 11 is 1.49. The lowest BCUT2D eigenvalue weighted by Gasteiger charge is -2.32. The maximum absolute atomic E-state index is 13.5. The van der Waals surface area contributed by atoms with E-state index in [1.165, 1.54) is 23.9 Å². The van der Waals surface area contributed by atoms with Gasteiger partial charge in [0.15, 0.2) is 5.78 Å². The molecule has 146 valence electrons. The molecule has 5 rings (SSSR count). The number of carbonyl (C=O) groups is 1. The van der Waals surface area contributed by atoms with Crippen molar-refractivity contribution in [2.75, 3.05) is 5.32 Å². The minimum atomic E-state index is -0.397. The summed E-state index contributed by atoms with van der Waals surface area (Å²) in [5.41, 5.74) is 3.38. The molecule has 3 aromatic rings. The lowest BCUT2D eigenvalue weighted by atomic mass is 9.85. The number of rotatable bonds is 4. The van der Waals surface area contributed by atoms with E-state index in [9.17, 15) is 9.18 Å². The summed E-state index contributed by atoms with van der Waals surface area (Å²) in [7, 11) is 0. The Labute approximate surface area is 171 Å². The van der Waals surface area contributed by atoms with Crippen molar-refractivity contribution in [2.45, 2.75) is 36.2 Å². The minimum absolute atomic E-state index is 0.108. The molecule has 0 radical (unpaired) electrons. The first kappa shape index (κ1) is 18.1. The zero-order valence-corrected chi connectivity index (χ0v) is 16.3. The van der Waals surface area contributed by atoms with E-state index in [4.69, 9.17) is 0 Å². The molecule has 8 heteroatoms. The van der Waals surface area contributed by atoms with Crippen LogP contribution in [0.25, 0.3) is 0 Å². The number of ketones is 1. The summed E-state index contributed by atoms with van der Waals surface area (Å²) in [6, 6.07) is 11.6. The molecule has 1 aliphatic carbocycles. The van der Waals surface area contributed by atoms with E-state index in [0.29, 0.717) is 28.9 Å². The summed E-state index contributed by atoms with van der Waals surface area (Å²) in [6.45, 7) is 0. The SMILES string of the molecule is O=C1CCCC2=C1[C@@H](c1ccc(F)cc1)n1nc(SCc3ccccn3)nc1N2. The van der Waals surface area contributed by atoms with Crippen LogP contribution in [-0.2, 0) is 10.5 Å². The number of benzene rings is 1. The van der Waals surface area contributed by atoms with Crippen molar-refractivity contribution in [2.24, 2.45) is 0 Å². The van der Waals surface area contributed by atoms with Gasteiger partial charge in [0, 0.05) is 29.6 Å². The Morgan fingerprint density at radius 2 is 2.03 bits per heavy atom. The zero-order valence-electron chi connectivity index (χ0n) is 15.5. The van der Waals surface area contributed by atoms with E-state index >= 15 is 0 Å². The topological polar surface area (TPSA) is 72.7 Å². The third kappa shape index (κ3) is 3.44. The second-order valence-corrected chi connectivity index (χ2v) is 7.96. The number of thioether (sulfide) groups is 1. The van der Waals surface area contributed by atoms with Crippen molar-refractivity contribution in [3.05, 3.63) is 77.0 Å². The molecule has 0 saturated heterocycles. The van der Waals surface area contributed by atoms with Crippen molar-refractivity contribution in [3.63, 3.8) is 0 Å². The third-order valence-corrected chi connectivity index (χ3v) is 5.98. The average Bonchev–Trinajstić information content (AvgIpc) is 3.15. The smallest absolute Gasteiger partial charge is 0.227 e. The van der Waals surface area contributed by atoms with Crippen LogP contribution in [0.3, 0.4) is 0 Å². The van der Waals surface area contributed by atoms with Crippen LogP contribution in [-0.4, -0.2) is 25.5 Å². The highest BCUT2D eigenvalue weighted by Crippen LogP contribution is 2.40. The fourth-order valence-electron chi connectivity index (χ4n) is 3.77. The standard InChI is InChI=1S/C21H18FN5OS/c22-14-9-7-13(8-10-14)19-18-16(5-3-6-17(18)28)24-20-25-21(26-27(19)20)29-12-15-4-1-2-11-23-15/h1-2,4,7-11,19H,3,5-6,12H2,(H,24,25,26)/t19-/m1/s1. The molecule has 0 saturated carbocycles. The number of aromatic nitrogens is 4. The summed E-state index contributed by atoms with van der Waals surface area (Å²) in [5.74, 6) is 1.06. The van der Waals surface area contributed by atoms with Crippen molar-refractivity contribution < 1.29 is 9.18 Å². The predicted molar refractivity (Wildman–Crippen MR) is 108 cm³/mol. The summed E-state index contributed by atoms with van der Waals surface area (Å²) in [5, 5.41) is 8.58. The van der Waals surface area contributed by atoms with Gasteiger partial charge in [0.05, 0.1) is 5.69 Å². The van der Waals surface area contributed by atoms with Crippen LogP contribution in [0.1, 0.15) is 36.6 Å². The lowest BCUT2D eigenvalue weighted by Crippen LogP contribution is -2.31. The Bertz CT molecular complexity index is 1090. The first-order valence-corrected chi connectivity index (χ1v) is 10.5. The number of halogens is 1. The second-order valence-electron chi connectivity index (χ2n) is 7.02. The molecule has 1 N–H and O–H groups in total. The van der Waals surface area contributed by atoms with Gasteiger partial charge in [-0.15, -0.1) is 5.10 Å². The maximum Gasteiger partial charge on any atom is 0.227 e. The molecule has 0 bridgehead atoms. The number of allylic oxidation sites excluding steroid dienone is 2. The van der Waals surface area contributed by atoms with E-state index in [-0.39, 0.29) is 11.6 Å².